The van der Waals surface area contributed by atoms with Crippen LogP contribution in [0.4, 0.5) is 0 Å². The summed E-state index contributed by atoms with van der Waals surface area (Å²) in [5.74, 6) is 0.901. The lowest BCUT2D eigenvalue weighted by atomic mass is 10.1. The van der Waals surface area contributed by atoms with Crippen molar-refractivity contribution < 1.29 is 4.74 Å². The molecule has 4 heteroatoms. The van der Waals surface area contributed by atoms with Crippen molar-refractivity contribution in [2.45, 2.75) is 48.1 Å². The molecular weight excluding hydrogens is 391 g/mol. The summed E-state index contributed by atoms with van der Waals surface area (Å²) in [7, 11) is 0. The van der Waals surface area contributed by atoms with Gasteiger partial charge in [-0.2, -0.15) is 0 Å². The van der Waals surface area contributed by atoms with Crippen molar-refractivity contribution in [1.82, 2.24) is 0 Å². The van der Waals surface area contributed by atoms with Crippen LogP contribution in [0.2, 0.25) is 0 Å². The number of alkyl halides is 3. The van der Waals surface area contributed by atoms with Gasteiger partial charge in [0, 0.05) is 0 Å². The summed E-state index contributed by atoms with van der Waals surface area (Å²) < 4.78 is 5.02. The maximum Gasteiger partial charge on any atom is 0.178 e. The van der Waals surface area contributed by atoms with Crippen molar-refractivity contribution in [3.8, 4) is 5.75 Å². The first-order valence-electron chi connectivity index (χ1n) is 6.84. The molecule has 0 saturated heterocycles. The van der Waals surface area contributed by atoms with E-state index in [-0.39, 0.29) is 0 Å². The van der Waals surface area contributed by atoms with Gasteiger partial charge in [0.15, 0.2) is 2.69 Å². The molecule has 1 aromatic carbocycles. The molecule has 1 rings (SSSR count). The van der Waals surface area contributed by atoms with Crippen molar-refractivity contribution >= 4 is 43.5 Å². The molecule has 108 valence electrons. The Morgan fingerprint density at radius 1 is 1.00 bits per heavy atom. The third kappa shape index (κ3) is 7.57. The molecule has 19 heavy (non-hydrogen) atoms. The van der Waals surface area contributed by atoms with Crippen LogP contribution in [-0.2, 0) is 2.69 Å². The van der Waals surface area contributed by atoms with Crippen LogP contribution in [-0.4, -0.2) is 6.61 Å². The second-order valence-electron chi connectivity index (χ2n) is 4.64. The average molecular weight is 413 g/mol. The Morgan fingerprint density at radius 2 is 1.58 bits per heavy atom. The second-order valence-corrected chi connectivity index (χ2v) is 9.56. The van der Waals surface area contributed by atoms with Gasteiger partial charge in [-0.3, -0.25) is 0 Å². The minimum absolute atomic E-state index is 0.683. The van der Waals surface area contributed by atoms with Gasteiger partial charge in [0.2, 0.25) is 0 Å². The van der Waals surface area contributed by atoms with Gasteiger partial charge in [0.1, 0.15) is 5.75 Å². The van der Waals surface area contributed by atoms with Gasteiger partial charge in [-0.25, -0.2) is 0 Å². The molecular formula is C15H21Br2ClO. The van der Waals surface area contributed by atoms with Gasteiger partial charge in [-0.15, -0.1) is 0 Å². The van der Waals surface area contributed by atoms with E-state index in [0.29, 0.717) is 0 Å². The predicted molar refractivity (Wildman–Crippen MR) is 90.7 cm³/mol. The highest BCUT2D eigenvalue weighted by Crippen LogP contribution is 2.42. The van der Waals surface area contributed by atoms with E-state index in [1.807, 2.05) is 24.3 Å². The van der Waals surface area contributed by atoms with Crippen LogP contribution >= 0.6 is 43.5 Å². The molecule has 0 aliphatic heterocycles. The largest absolute Gasteiger partial charge is 0.494 e. The molecule has 1 nitrogen and oxygen atoms in total. The van der Waals surface area contributed by atoms with Crippen molar-refractivity contribution in [2.24, 2.45) is 0 Å². The molecule has 0 N–H and O–H groups in total. The highest BCUT2D eigenvalue weighted by molar-refractivity contribution is 9.25. The lowest BCUT2D eigenvalue weighted by molar-refractivity contribution is 0.304. The molecule has 1 aromatic rings. The fourth-order valence-corrected chi connectivity index (χ4v) is 2.47. The van der Waals surface area contributed by atoms with E-state index in [0.717, 1.165) is 24.3 Å². The minimum Gasteiger partial charge on any atom is -0.494 e. The van der Waals surface area contributed by atoms with Crippen LogP contribution in [0.15, 0.2) is 24.3 Å². The average Bonchev–Trinajstić information content (AvgIpc) is 2.37. The maximum absolute atomic E-state index is 6.09. The number of ether oxygens (including phenoxy) is 1. The van der Waals surface area contributed by atoms with E-state index in [9.17, 15) is 0 Å². The number of benzene rings is 1. The standard InChI is InChI=1S/C15H21Br2ClO/c1-2-3-4-5-6-7-12-19-14-10-8-13(9-11-14)15(16,17)18/h8-11H,2-7,12H2,1H3. The first-order chi connectivity index (χ1) is 9.04. The summed E-state index contributed by atoms with van der Waals surface area (Å²) in [4.78, 5) is 0. The van der Waals surface area contributed by atoms with E-state index in [1.165, 1.54) is 32.1 Å². The van der Waals surface area contributed by atoms with E-state index < -0.39 is 2.69 Å². The molecule has 0 aliphatic rings. The zero-order valence-electron chi connectivity index (χ0n) is 11.3. The Balaban J connectivity index is 2.20. The van der Waals surface area contributed by atoms with Crippen LogP contribution in [0.3, 0.4) is 0 Å². The Hall–Kier alpha value is 0.270. The van der Waals surface area contributed by atoms with Crippen molar-refractivity contribution in [2.75, 3.05) is 6.61 Å². The first kappa shape index (κ1) is 17.3. The fourth-order valence-electron chi connectivity index (χ4n) is 1.81. The number of hydrogen-bond donors (Lipinski definition) is 0. The van der Waals surface area contributed by atoms with Crippen molar-refractivity contribution in [3.05, 3.63) is 29.8 Å². The highest BCUT2D eigenvalue weighted by Gasteiger charge is 2.20. The Bertz CT molecular complexity index is 346. The van der Waals surface area contributed by atoms with Gasteiger partial charge >= 0.3 is 0 Å². The molecule has 0 spiro atoms. The Labute approximate surface area is 138 Å². The number of hydrogen-bond acceptors (Lipinski definition) is 1. The zero-order valence-corrected chi connectivity index (χ0v) is 15.2. The van der Waals surface area contributed by atoms with Gasteiger partial charge in [0.25, 0.3) is 0 Å². The predicted octanol–water partition coefficient (Wildman–Crippen LogP) is 6.56. The van der Waals surface area contributed by atoms with Gasteiger partial charge in [-0.1, -0.05) is 62.8 Å². The maximum atomic E-state index is 6.09. The molecule has 0 unspecified atom stereocenters. The minimum atomic E-state index is -0.683. The van der Waals surface area contributed by atoms with E-state index in [4.69, 9.17) is 16.3 Å². The molecule has 0 atom stereocenters. The third-order valence-electron chi connectivity index (χ3n) is 2.95. The topological polar surface area (TPSA) is 9.23 Å². The summed E-state index contributed by atoms with van der Waals surface area (Å²) in [6.07, 6.45) is 7.69. The van der Waals surface area contributed by atoms with E-state index in [1.54, 1.807) is 0 Å². The molecule has 0 saturated carbocycles. The quantitative estimate of drug-likeness (QED) is 0.329. The summed E-state index contributed by atoms with van der Waals surface area (Å²) in [6, 6.07) is 7.80. The van der Waals surface area contributed by atoms with Crippen LogP contribution in [0.1, 0.15) is 51.0 Å². The van der Waals surface area contributed by atoms with Crippen LogP contribution in [0, 0.1) is 0 Å². The Morgan fingerprint density at radius 3 is 2.16 bits per heavy atom. The van der Waals surface area contributed by atoms with E-state index in [2.05, 4.69) is 38.8 Å². The summed E-state index contributed by atoms with van der Waals surface area (Å²) in [6.45, 7) is 3.03. The van der Waals surface area contributed by atoms with Gasteiger partial charge < -0.3 is 4.74 Å². The number of rotatable bonds is 9. The SMILES string of the molecule is CCCCCCCCOc1ccc(C(Cl)(Br)Br)cc1. The third-order valence-corrected chi connectivity index (χ3v) is 4.08. The number of unbranched alkanes of at least 4 members (excludes halogenated alkanes) is 5. The van der Waals surface area contributed by atoms with Gasteiger partial charge in [-0.05, 0) is 56.0 Å². The lowest BCUT2D eigenvalue weighted by Gasteiger charge is -2.13. The molecule has 0 fully saturated rings. The molecule has 0 amide bonds. The molecule has 0 aromatic heterocycles. The van der Waals surface area contributed by atoms with Crippen molar-refractivity contribution in [3.63, 3.8) is 0 Å². The molecule has 0 aliphatic carbocycles. The monoisotopic (exact) mass is 410 g/mol. The molecule has 0 bridgehead atoms. The fraction of sp³-hybridized carbons (Fsp3) is 0.600. The Kier molecular flexibility index (Phi) is 8.43. The molecule has 0 radical (unpaired) electrons. The van der Waals surface area contributed by atoms with Crippen LogP contribution in [0.5, 0.6) is 5.75 Å². The summed E-state index contributed by atoms with van der Waals surface area (Å²) >= 11 is 12.8. The van der Waals surface area contributed by atoms with E-state index >= 15 is 0 Å². The van der Waals surface area contributed by atoms with Crippen LogP contribution in [0.25, 0.3) is 0 Å². The van der Waals surface area contributed by atoms with Gasteiger partial charge in [0.05, 0.1) is 6.61 Å². The smallest absolute Gasteiger partial charge is 0.178 e. The second kappa shape index (κ2) is 9.25. The zero-order chi connectivity index (χ0) is 14.1. The summed E-state index contributed by atoms with van der Waals surface area (Å²) in [5.41, 5.74) is 0.959. The number of halogens is 3. The first-order valence-corrected chi connectivity index (χ1v) is 8.80. The van der Waals surface area contributed by atoms with Crippen molar-refractivity contribution in [1.29, 1.82) is 0 Å². The van der Waals surface area contributed by atoms with Crippen LogP contribution < -0.4 is 4.74 Å². The molecule has 0 heterocycles. The normalized spacial score (nSPS) is 11.6. The highest BCUT2D eigenvalue weighted by atomic mass is 79.9. The summed E-state index contributed by atoms with van der Waals surface area (Å²) in [5, 5.41) is 0. The lowest BCUT2D eigenvalue weighted by Crippen LogP contribution is -2.00.